The number of benzene rings is 2. The smallest absolute Gasteiger partial charge is 0.337 e. The summed E-state index contributed by atoms with van der Waals surface area (Å²) in [5.41, 5.74) is 3.10. The first kappa shape index (κ1) is 19.4. The molecule has 0 aliphatic heterocycles. The largest absolute Gasteiger partial charge is 0.484 e. The average Bonchev–Trinajstić information content (AvgIpc) is 3.18. The number of ether oxygens (including phenoxy) is 3. The zero-order valence-corrected chi connectivity index (χ0v) is 15.7. The van der Waals surface area contributed by atoms with Crippen LogP contribution in [0.1, 0.15) is 38.3 Å². The van der Waals surface area contributed by atoms with E-state index in [0.29, 0.717) is 5.75 Å². The minimum atomic E-state index is -0.629. The molecule has 1 aliphatic carbocycles. The van der Waals surface area contributed by atoms with E-state index >= 15 is 0 Å². The monoisotopic (exact) mass is 383 g/mol. The van der Waals surface area contributed by atoms with Crippen molar-refractivity contribution >= 4 is 23.5 Å². The molecule has 7 nitrogen and oxygen atoms in total. The van der Waals surface area contributed by atoms with Gasteiger partial charge in [-0.2, -0.15) is 0 Å². The fourth-order valence-electron chi connectivity index (χ4n) is 3.16. The molecule has 0 saturated heterocycles. The number of hydrogen-bond acceptors (Lipinski definition) is 6. The van der Waals surface area contributed by atoms with E-state index in [0.717, 1.165) is 19.3 Å². The predicted octanol–water partition coefficient (Wildman–Crippen LogP) is 2.77. The van der Waals surface area contributed by atoms with Crippen molar-refractivity contribution in [3.05, 3.63) is 58.7 Å². The number of hydrogen-bond donors (Lipinski definition) is 1. The van der Waals surface area contributed by atoms with Crippen LogP contribution in [0.4, 0.5) is 5.69 Å². The third-order valence-electron chi connectivity index (χ3n) is 4.50. The number of carbonyl (C=O) groups is 3. The Morgan fingerprint density at radius 1 is 0.893 bits per heavy atom. The highest BCUT2D eigenvalue weighted by Crippen LogP contribution is 2.26. The molecule has 0 fully saturated rings. The maximum absolute atomic E-state index is 12.3. The SMILES string of the molecule is COC(=O)c1cc(NC(=O)COc2ccc3c(c2)CCC3)cc(C(=O)OC)c1. The van der Waals surface area contributed by atoms with E-state index in [1.54, 1.807) is 0 Å². The highest BCUT2D eigenvalue weighted by molar-refractivity contribution is 5.99. The normalized spacial score (nSPS) is 12.1. The van der Waals surface area contributed by atoms with Gasteiger partial charge in [0.05, 0.1) is 25.3 Å². The van der Waals surface area contributed by atoms with Crippen molar-refractivity contribution < 1.29 is 28.6 Å². The van der Waals surface area contributed by atoms with Gasteiger partial charge in [-0.1, -0.05) is 6.07 Å². The van der Waals surface area contributed by atoms with E-state index in [-0.39, 0.29) is 23.4 Å². The lowest BCUT2D eigenvalue weighted by atomic mass is 10.1. The van der Waals surface area contributed by atoms with Gasteiger partial charge in [0.2, 0.25) is 0 Å². The van der Waals surface area contributed by atoms with Crippen LogP contribution < -0.4 is 10.1 Å². The molecule has 0 aromatic heterocycles. The fraction of sp³-hybridized carbons (Fsp3) is 0.286. The predicted molar refractivity (Wildman–Crippen MR) is 102 cm³/mol. The Bertz CT molecular complexity index is 887. The quantitative estimate of drug-likeness (QED) is 0.772. The van der Waals surface area contributed by atoms with Crippen molar-refractivity contribution in [2.24, 2.45) is 0 Å². The van der Waals surface area contributed by atoms with Gasteiger partial charge in [0.15, 0.2) is 6.61 Å². The highest BCUT2D eigenvalue weighted by Gasteiger charge is 2.16. The molecule has 3 rings (SSSR count). The van der Waals surface area contributed by atoms with Crippen LogP contribution in [0, 0.1) is 0 Å². The fourth-order valence-corrected chi connectivity index (χ4v) is 3.16. The topological polar surface area (TPSA) is 90.9 Å². The lowest BCUT2D eigenvalue weighted by molar-refractivity contribution is -0.118. The van der Waals surface area contributed by atoms with Crippen LogP contribution in [0.15, 0.2) is 36.4 Å². The highest BCUT2D eigenvalue weighted by atomic mass is 16.5. The maximum atomic E-state index is 12.3. The Labute approximate surface area is 162 Å². The molecule has 1 N–H and O–H groups in total. The molecule has 0 heterocycles. The molecule has 0 saturated carbocycles. The summed E-state index contributed by atoms with van der Waals surface area (Å²) in [6.07, 6.45) is 3.24. The Hall–Kier alpha value is -3.35. The van der Waals surface area contributed by atoms with Crippen molar-refractivity contribution in [3.8, 4) is 5.75 Å². The Balaban J connectivity index is 1.68. The molecule has 146 valence electrons. The summed E-state index contributed by atoms with van der Waals surface area (Å²) in [6.45, 7) is -0.200. The lowest BCUT2D eigenvalue weighted by Crippen LogP contribution is -2.21. The van der Waals surface area contributed by atoms with E-state index in [1.165, 1.54) is 43.5 Å². The van der Waals surface area contributed by atoms with Crippen molar-refractivity contribution in [1.29, 1.82) is 0 Å². The molecular formula is C21H21NO6. The number of amides is 1. The van der Waals surface area contributed by atoms with Crippen molar-refractivity contribution in [2.75, 3.05) is 26.1 Å². The second-order valence-electron chi connectivity index (χ2n) is 6.40. The molecule has 0 radical (unpaired) electrons. The van der Waals surface area contributed by atoms with Crippen molar-refractivity contribution in [1.82, 2.24) is 0 Å². The van der Waals surface area contributed by atoms with Gasteiger partial charge < -0.3 is 19.5 Å². The van der Waals surface area contributed by atoms with Crippen LogP contribution in [0.2, 0.25) is 0 Å². The molecule has 0 bridgehead atoms. The third kappa shape index (κ3) is 4.49. The summed E-state index contributed by atoms with van der Waals surface area (Å²) in [5, 5.41) is 2.62. The first-order valence-corrected chi connectivity index (χ1v) is 8.86. The zero-order valence-electron chi connectivity index (χ0n) is 15.7. The van der Waals surface area contributed by atoms with Gasteiger partial charge in [-0.05, 0) is 60.7 Å². The van der Waals surface area contributed by atoms with Crippen LogP contribution in [-0.4, -0.2) is 38.7 Å². The van der Waals surface area contributed by atoms with Gasteiger partial charge in [-0.3, -0.25) is 4.79 Å². The van der Waals surface area contributed by atoms with E-state index in [2.05, 4.69) is 14.8 Å². The van der Waals surface area contributed by atoms with Gasteiger partial charge in [-0.15, -0.1) is 0 Å². The first-order chi connectivity index (χ1) is 13.5. The molecule has 1 amide bonds. The molecule has 2 aromatic rings. The lowest BCUT2D eigenvalue weighted by Gasteiger charge is -2.11. The van der Waals surface area contributed by atoms with Crippen LogP contribution in [0.5, 0.6) is 5.75 Å². The molecule has 2 aromatic carbocycles. The number of aryl methyl sites for hydroxylation is 2. The van der Waals surface area contributed by atoms with E-state index < -0.39 is 17.8 Å². The summed E-state index contributed by atoms with van der Waals surface area (Å²) >= 11 is 0. The number of carbonyl (C=O) groups excluding carboxylic acids is 3. The van der Waals surface area contributed by atoms with E-state index in [1.807, 2.05) is 18.2 Å². The Morgan fingerprint density at radius 2 is 1.54 bits per heavy atom. The second-order valence-corrected chi connectivity index (χ2v) is 6.40. The minimum absolute atomic E-state index is 0.125. The molecule has 0 unspecified atom stereocenters. The Morgan fingerprint density at radius 3 is 2.18 bits per heavy atom. The summed E-state index contributed by atoms with van der Waals surface area (Å²) in [5.74, 6) is -1.04. The van der Waals surface area contributed by atoms with E-state index in [9.17, 15) is 14.4 Å². The minimum Gasteiger partial charge on any atom is -0.484 e. The molecule has 1 aliphatic rings. The van der Waals surface area contributed by atoms with Crippen molar-refractivity contribution in [2.45, 2.75) is 19.3 Å². The van der Waals surface area contributed by atoms with Gasteiger partial charge in [0.25, 0.3) is 5.91 Å². The molecule has 0 spiro atoms. The van der Waals surface area contributed by atoms with Crippen LogP contribution in [0.25, 0.3) is 0 Å². The summed E-state index contributed by atoms with van der Waals surface area (Å²) in [4.78, 5) is 35.9. The third-order valence-corrected chi connectivity index (χ3v) is 4.50. The van der Waals surface area contributed by atoms with Crippen LogP contribution in [0.3, 0.4) is 0 Å². The molecule has 7 heteroatoms. The number of anilines is 1. The Kier molecular flexibility index (Phi) is 5.93. The zero-order chi connectivity index (χ0) is 20.1. The van der Waals surface area contributed by atoms with Crippen molar-refractivity contribution in [3.63, 3.8) is 0 Å². The number of nitrogens with one attached hydrogen (secondary N) is 1. The standard InChI is InChI=1S/C21H21NO6/c1-26-20(24)15-8-16(21(25)27-2)10-17(9-15)22-19(23)12-28-18-7-6-13-4-3-5-14(13)11-18/h6-11H,3-5,12H2,1-2H3,(H,22,23). The average molecular weight is 383 g/mol. The second kappa shape index (κ2) is 8.56. The molecular weight excluding hydrogens is 362 g/mol. The van der Waals surface area contributed by atoms with Gasteiger partial charge in [0.1, 0.15) is 5.75 Å². The van der Waals surface area contributed by atoms with Crippen LogP contribution >= 0.6 is 0 Å². The summed E-state index contributed by atoms with van der Waals surface area (Å²) < 4.78 is 14.9. The number of rotatable bonds is 6. The van der Waals surface area contributed by atoms with Crippen LogP contribution in [-0.2, 0) is 27.1 Å². The van der Waals surface area contributed by atoms with Gasteiger partial charge in [-0.25, -0.2) is 9.59 Å². The maximum Gasteiger partial charge on any atom is 0.337 e. The molecule has 28 heavy (non-hydrogen) atoms. The van der Waals surface area contributed by atoms with Gasteiger partial charge >= 0.3 is 11.9 Å². The number of methoxy groups -OCH3 is 2. The molecule has 0 atom stereocenters. The first-order valence-electron chi connectivity index (χ1n) is 8.86. The summed E-state index contributed by atoms with van der Waals surface area (Å²) in [6, 6.07) is 10.0. The van der Waals surface area contributed by atoms with E-state index in [4.69, 9.17) is 4.74 Å². The van der Waals surface area contributed by atoms with Gasteiger partial charge in [0, 0.05) is 5.69 Å². The summed E-state index contributed by atoms with van der Waals surface area (Å²) in [7, 11) is 2.46. The number of fused-ring (bicyclic) bond motifs is 1. The number of esters is 2.